The van der Waals surface area contributed by atoms with Crippen molar-refractivity contribution in [1.82, 2.24) is 0 Å². The maximum absolute atomic E-state index is 12.4. The number of hydrogen-bond donors (Lipinski definition) is 1. The molecule has 0 spiro atoms. The van der Waals surface area contributed by atoms with Crippen LogP contribution in [0.5, 0.6) is 0 Å². The average Bonchev–Trinajstić information content (AvgIpc) is 3.23. The molecule has 0 aromatic carbocycles. The molecule has 0 heterocycles. The Morgan fingerprint density at radius 1 is 0.886 bits per heavy atom. The SMILES string of the molecule is C=C(C)[C@@H]1CC[C@]2(C(=C)OC)CC[C@]3(C)C(CCC4[C@@]5(C)CC[C@H](O)[C@@](C)(C=O)[C@@H]5CC[C@]43C)C12. The van der Waals surface area contributed by atoms with E-state index in [9.17, 15) is 9.90 Å². The number of fused-ring (bicyclic) bond motifs is 7. The molecule has 11 atom stereocenters. The summed E-state index contributed by atoms with van der Waals surface area (Å²) in [5.74, 6) is 3.68. The maximum Gasteiger partial charge on any atom is 0.128 e. The van der Waals surface area contributed by atoms with Crippen LogP contribution in [0.1, 0.15) is 98.8 Å². The summed E-state index contributed by atoms with van der Waals surface area (Å²) in [6, 6.07) is 0. The number of hydrogen-bond acceptors (Lipinski definition) is 3. The first-order chi connectivity index (χ1) is 16.4. The third-order valence-corrected chi connectivity index (χ3v) is 13.8. The number of methoxy groups -OCH3 is 1. The Balaban J connectivity index is 1.57. The largest absolute Gasteiger partial charge is 0.501 e. The third kappa shape index (κ3) is 2.97. The van der Waals surface area contributed by atoms with Crippen molar-refractivity contribution in [3.05, 3.63) is 24.5 Å². The second kappa shape index (κ2) is 7.95. The van der Waals surface area contributed by atoms with Gasteiger partial charge >= 0.3 is 0 Å². The summed E-state index contributed by atoms with van der Waals surface area (Å²) >= 11 is 0. The molecule has 3 heteroatoms. The van der Waals surface area contributed by atoms with Crippen LogP contribution in [-0.4, -0.2) is 24.6 Å². The van der Waals surface area contributed by atoms with Crippen LogP contribution in [-0.2, 0) is 9.53 Å². The Morgan fingerprint density at radius 3 is 2.23 bits per heavy atom. The van der Waals surface area contributed by atoms with Crippen LogP contribution in [0, 0.1) is 56.7 Å². The van der Waals surface area contributed by atoms with Crippen molar-refractivity contribution in [1.29, 1.82) is 0 Å². The van der Waals surface area contributed by atoms with Gasteiger partial charge in [0.25, 0.3) is 0 Å². The zero-order valence-corrected chi connectivity index (χ0v) is 23.3. The highest BCUT2D eigenvalue weighted by atomic mass is 16.5. The smallest absolute Gasteiger partial charge is 0.128 e. The van der Waals surface area contributed by atoms with Gasteiger partial charge in [0.1, 0.15) is 6.29 Å². The molecule has 5 aliphatic rings. The predicted octanol–water partition coefficient (Wildman–Crippen LogP) is 7.34. The van der Waals surface area contributed by atoms with Crippen LogP contribution in [0.3, 0.4) is 0 Å². The molecule has 0 saturated heterocycles. The standard InChI is InChI=1S/C32H50O3/c1-20(2)22-11-16-32(21(3)35-8)18-17-30(6)23(27(22)32)9-10-25-28(4)14-13-26(34)29(5,19-33)24(28)12-15-31(25,30)7/h19,22-27,34H,1,3,9-18H2,2,4-8H3/t22-,23?,24+,25?,26-,27?,28-,29-,30+,31+,32+/m0/s1. The minimum absolute atomic E-state index is 0.0951. The molecule has 0 aromatic heterocycles. The molecule has 3 unspecified atom stereocenters. The van der Waals surface area contributed by atoms with Gasteiger partial charge in [-0.05, 0) is 117 Å². The van der Waals surface area contributed by atoms with Crippen LogP contribution in [0.4, 0.5) is 0 Å². The topological polar surface area (TPSA) is 46.5 Å². The number of aliphatic hydroxyl groups is 1. The van der Waals surface area contributed by atoms with Crippen molar-refractivity contribution >= 4 is 6.29 Å². The van der Waals surface area contributed by atoms with E-state index >= 15 is 0 Å². The molecule has 196 valence electrons. The van der Waals surface area contributed by atoms with Crippen LogP contribution >= 0.6 is 0 Å². The monoisotopic (exact) mass is 482 g/mol. The lowest BCUT2D eigenvalue weighted by Gasteiger charge is -2.72. The van der Waals surface area contributed by atoms with Gasteiger partial charge in [-0.3, -0.25) is 0 Å². The quantitative estimate of drug-likeness (QED) is 0.259. The minimum Gasteiger partial charge on any atom is -0.501 e. The second-order valence-corrected chi connectivity index (χ2v) is 14.5. The molecule has 0 amide bonds. The summed E-state index contributed by atoms with van der Waals surface area (Å²) in [6.45, 7) is 21.0. The number of carbonyl (C=O) groups is 1. The first-order valence-electron chi connectivity index (χ1n) is 14.4. The lowest BCUT2D eigenvalue weighted by molar-refractivity contribution is -0.244. The summed E-state index contributed by atoms with van der Waals surface area (Å²) in [4.78, 5) is 12.4. The van der Waals surface area contributed by atoms with Crippen molar-refractivity contribution < 1.29 is 14.6 Å². The van der Waals surface area contributed by atoms with Gasteiger partial charge in [-0.2, -0.15) is 0 Å². The molecule has 3 nitrogen and oxygen atoms in total. The third-order valence-electron chi connectivity index (χ3n) is 13.8. The molecular weight excluding hydrogens is 432 g/mol. The van der Waals surface area contributed by atoms with Gasteiger partial charge in [0.05, 0.1) is 24.4 Å². The number of allylic oxidation sites excluding steroid dienone is 2. The molecule has 0 aliphatic heterocycles. The van der Waals surface area contributed by atoms with Crippen molar-refractivity contribution in [3.8, 4) is 0 Å². The molecule has 5 fully saturated rings. The average molecular weight is 483 g/mol. The van der Waals surface area contributed by atoms with Gasteiger partial charge in [0.15, 0.2) is 0 Å². The Hall–Kier alpha value is -1.09. The van der Waals surface area contributed by atoms with Crippen molar-refractivity contribution in [2.24, 2.45) is 56.7 Å². The van der Waals surface area contributed by atoms with E-state index in [-0.39, 0.29) is 27.6 Å². The molecule has 0 bridgehead atoms. The number of ether oxygens (including phenoxy) is 1. The summed E-state index contributed by atoms with van der Waals surface area (Å²) in [5.41, 5.74) is 1.45. The minimum atomic E-state index is -0.611. The molecule has 0 aromatic rings. The maximum atomic E-state index is 12.4. The zero-order chi connectivity index (χ0) is 25.6. The predicted molar refractivity (Wildman–Crippen MR) is 142 cm³/mol. The van der Waals surface area contributed by atoms with E-state index in [1.165, 1.54) is 50.5 Å². The molecule has 5 aliphatic carbocycles. The number of carbonyl (C=O) groups excluding carboxylic acids is 1. The van der Waals surface area contributed by atoms with Gasteiger partial charge in [-0.15, -0.1) is 0 Å². The Morgan fingerprint density at radius 2 is 1.60 bits per heavy atom. The van der Waals surface area contributed by atoms with Gasteiger partial charge in [0, 0.05) is 5.41 Å². The van der Waals surface area contributed by atoms with Gasteiger partial charge in [-0.25, -0.2) is 0 Å². The number of rotatable bonds is 4. The van der Waals surface area contributed by atoms with Crippen LogP contribution in [0.15, 0.2) is 24.5 Å². The highest BCUT2D eigenvalue weighted by molar-refractivity contribution is 5.61. The van der Waals surface area contributed by atoms with E-state index < -0.39 is 11.5 Å². The second-order valence-electron chi connectivity index (χ2n) is 14.5. The fraction of sp³-hybridized carbons (Fsp3) is 0.844. The Bertz CT molecular complexity index is 924. The summed E-state index contributed by atoms with van der Waals surface area (Å²) in [7, 11) is 1.82. The fourth-order valence-corrected chi connectivity index (χ4v) is 11.7. The van der Waals surface area contributed by atoms with E-state index in [1.54, 1.807) is 0 Å². The Kier molecular flexibility index (Phi) is 5.81. The lowest BCUT2D eigenvalue weighted by atomic mass is 9.32. The number of aldehydes is 1. The highest BCUT2D eigenvalue weighted by Gasteiger charge is 2.71. The molecular formula is C32H50O3. The highest BCUT2D eigenvalue weighted by Crippen LogP contribution is 2.78. The lowest BCUT2D eigenvalue weighted by Crippen LogP contribution is -2.67. The van der Waals surface area contributed by atoms with Crippen LogP contribution < -0.4 is 0 Å². The first-order valence-corrected chi connectivity index (χ1v) is 14.4. The summed E-state index contributed by atoms with van der Waals surface area (Å²) < 4.78 is 5.92. The van der Waals surface area contributed by atoms with E-state index in [0.29, 0.717) is 23.7 Å². The first kappa shape index (κ1) is 25.6. The van der Waals surface area contributed by atoms with E-state index in [0.717, 1.165) is 31.3 Å². The van der Waals surface area contributed by atoms with Crippen LogP contribution in [0.2, 0.25) is 0 Å². The normalized spacial score (nSPS) is 55.1. The van der Waals surface area contributed by atoms with Crippen molar-refractivity contribution in [2.75, 3.05) is 7.11 Å². The van der Waals surface area contributed by atoms with Crippen molar-refractivity contribution in [3.63, 3.8) is 0 Å². The molecule has 5 rings (SSSR count). The Labute approximate surface area is 214 Å². The number of aliphatic hydroxyl groups excluding tert-OH is 1. The summed E-state index contributed by atoms with van der Waals surface area (Å²) in [6.07, 6.45) is 11.9. The van der Waals surface area contributed by atoms with E-state index in [2.05, 4.69) is 40.9 Å². The van der Waals surface area contributed by atoms with E-state index in [4.69, 9.17) is 4.74 Å². The van der Waals surface area contributed by atoms with Gasteiger partial charge < -0.3 is 14.6 Å². The van der Waals surface area contributed by atoms with Gasteiger partial charge in [0.2, 0.25) is 0 Å². The molecule has 5 saturated carbocycles. The fourth-order valence-electron chi connectivity index (χ4n) is 11.7. The molecule has 1 N–H and O–H groups in total. The van der Waals surface area contributed by atoms with Crippen molar-refractivity contribution in [2.45, 2.75) is 105 Å². The van der Waals surface area contributed by atoms with Gasteiger partial charge in [-0.1, -0.05) is 46.4 Å². The van der Waals surface area contributed by atoms with Crippen LogP contribution in [0.25, 0.3) is 0 Å². The molecule has 0 radical (unpaired) electrons. The van der Waals surface area contributed by atoms with E-state index in [1.807, 2.05) is 14.0 Å². The summed E-state index contributed by atoms with van der Waals surface area (Å²) in [5, 5.41) is 10.9. The molecule has 35 heavy (non-hydrogen) atoms. The zero-order valence-electron chi connectivity index (χ0n) is 23.3.